The fraction of sp³-hybridized carbons (Fsp3) is 0.538. The van der Waals surface area contributed by atoms with Crippen LogP contribution in [0.3, 0.4) is 0 Å². The molecule has 1 aromatic carbocycles. The van der Waals surface area contributed by atoms with Crippen molar-refractivity contribution in [2.45, 2.75) is 24.8 Å². The molecule has 1 aliphatic carbocycles. The Bertz CT molecular complexity index is 446. The highest BCUT2D eigenvalue weighted by Gasteiger charge is 2.63. The molecule has 0 aromatic heterocycles. The van der Waals surface area contributed by atoms with E-state index in [1.165, 1.54) is 12.0 Å². The van der Waals surface area contributed by atoms with Crippen LogP contribution >= 0.6 is 23.2 Å². The van der Waals surface area contributed by atoms with Crippen LogP contribution in [0.1, 0.15) is 18.9 Å². The van der Waals surface area contributed by atoms with Gasteiger partial charge in [0, 0.05) is 18.0 Å². The van der Waals surface area contributed by atoms with Gasteiger partial charge in [-0.2, -0.15) is 0 Å². The maximum Gasteiger partial charge on any atom is 0.0595 e. The molecule has 0 N–H and O–H groups in total. The van der Waals surface area contributed by atoms with Crippen LogP contribution in [0.25, 0.3) is 0 Å². The Hall–Kier alpha value is -0.240. The van der Waals surface area contributed by atoms with Gasteiger partial charge in [0.1, 0.15) is 0 Å². The molecule has 2 fully saturated rings. The van der Waals surface area contributed by atoms with Gasteiger partial charge in [-0.3, -0.25) is 0 Å². The van der Waals surface area contributed by atoms with Crippen LogP contribution in [0, 0.1) is 5.92 Å². The normalized spacial score (nSPS) is 37.5. The molecule has 1 saturated heterocycles. The van der Waals surface area contributed by atoms with Crippen molar-refractivity contribution in [2.24, 2.45) is 5.92 Å². The number of hydrogen-bond donors (Lipinski definition) is 0. The second-order valence-corrected chi connectivity index (χ2v) is 6.07. The molecule has 0 spiro atoms. The highest BCUT2D eigenvalue weighted by atomic mass is 35.5. The molecule has 1 heterocycles. The van der Waals surface area contributed by atoms with Crippen LogP contribution in [0.15, 0.2) is 18.2 Å². The van der Waals surface area contributed by atoms with E-state index in [1.807, 2.05) is 6.07 Å². The minimum absolute atomic E-state index is 0.363. The van der Waals surface area contributed by atoms with Crippen molar-refractivity contribution >= 4 is 23.2 Å². The lowest BCUT2D eigenvalue weighted by Crippen LogP contribution is -2.27. The fourth-order valence-electron chi connectivity index (χ4n) is 3.27. The van der Waals surface area contributed by atoms with Gasteiger partial charge in [0.2, 0.25) is 0 Å². The predicted octanol–water partition coefficient (Wildman–Crippen LogP) is 3.59. The first-order valence-electron chi connectivity index (χ1n) is 5.70. The van der Waals surface area contributed by atoms with E-state index >= 15 is 0 Å². The Labute approximate surface area is 106 Å². The van der Waals surface area contributed by atoms with E-state index in [4.69, 9.17) is 23.2 Å². The molecule has 2 unspecified atom stereocenters. The summed E-state index contributed by atoms with van der Waals surface area (Å²) < 4.78 is 0. The van der Waals surface area contributed by atoms with Gasteiger partial charge in [0.15, 0.2) is 0 Å². The fourth-order valence-corrected chi connectivity index (χ4v) is 3.57. The Morgan fingerprint density at radius 3 is 2.62 bits per heavy atom. The molecule has 1 aromatic rings. The van der Waals surface area contributed by atoms with Crippen molar-refractivity contribution in [3.63, 3.8) is 0 Å². The van der Waals surface area contributed by atoms with Crippen molar-refractivity contribution in [2.75, 3.05) is 13.6 Å². The van der Waals surface area contributed by atoms with Crippen molar-refractivity contribution in [1.29, 1.82) is 0 Å². The molecule has 1 nitrogen and oxygen atoms in total. The zero-order valence-electron chi connectivity index (χ0n) is 9.50. The van der Waals surface area contributed by atoms with E-state index in [-0.39, 0.29) is 0 Å². The number of likely N-dealkylation sites (tertiary alicyclic amines) is 1. The first kappa shape index (κ1) is 10.9. The summed E-state index contributed by atoms with van der Waals surface area (Å²) in [4.78, 5) is 2.44. The lowest BCUT2D eigenvalue weighted by molar-refractivity contribution is 0.284. The van der Waals surface area contributed by atoms with Crippen molar-refractivity contribution in [3.8, 4) is 0 Å². The highest BCUT2D eigenvalue weighted by molar-refractivity contribution is 6.42. The first-order valence-corrected chi connectivity index (χ1v) is 6.46. The summed E-state index contributed by atoms with van der Waals surface area (Å²) in [6, 6.07) is 6.80. The van der Waals surface area contributed by atoms with Crippen molar-refractivity contribution in [3.05, 3.63) is 33.8 Å². The molecular formula is C13H15Cl2N. The molecule has 1 aliphatic heterocycles. The second kappa shape index (κ2) is 3.38. The van der Waals surface area contributed by atoms with Crippen LogP contribution in [0.2, 0.25) is 10.0 Å². The maximum atomic E-state index is 6.10. The Balaban J connectivity index is 1.97. The Kier molecular flexibility index (Phi) is 2.30. The van der Waals surface area contributed by atoms with E-state index in [0.717, 1.165) is 12.5 Å². The van der Waals surface area contributed by atoms with Gasteiger partial charge in [0.05, 0.1) is 10.0 Å². The lowest BCUT2D eigenvalue weighted by Gasteiger charge is -2.20. The number of halogens is 2. The second-order valence-electron chi connectivity index (χ2n) is 5.25. The van der Waals surface area contributed by atoms with E-state index in [1.54, 1.807) is 0 Å². The number of nitrogens with zero attached hydrogens (tertiary/aromatic N) is 1. The summed E-state index contributed by atoms with van der Waals surface area (Å²) in [7, 11) is 2.20. The average Bonchev–Trinajstić information content (AvgIpc) is 2.90. The molecule has 1 saturated carbocycles. The standard InChI is InChI=1S/C13H15Cl2N/c1-8-10-6-13(10,7-16(8)2)9-3-4-11(14)12(15)5-9/h3-5,8,10H,6-7H2,1-2H3/t8?,10?,13-/m0/s1. The summed E-state index contributed by atoms with van der Waals surface area (Å²) >= 11 is 12.1. The third-order valence-corrected chi connectivity index (χ3v) is 5.18. The summed E-state index contributed by atoms with van der Waals surface area (Å²) in [6.07, 6.45) is 1.30. The molecule has 3 heteroatoms. The smallest absolute Gasteiger partial charge is 0.0595 e. The zero-order chi connectivity index (χ0) is 11.5. The average molecular weight is 256 g/mol. The number of fused-ring (bicyclic) bond motifs is 1. The van der Waals surface area contributed by atoms with Crippen molar-refractivity contribution < 1.29 is 0 Å². The van der Waals surface area contributed by atoms with Gasteiger partial charge in [-0.25, -0.2) is 0 Å². The first-order chi connectivity index (χ1) is 7.54. The molecule has 0 amide bonds. The van der Waals surface area contributed by atoms with Gasteiger partial charge >= 0.3 is 0 Å². The number of rotatable bonds is 1. The molecule has 0 bridgehead atoms. The molecule has 16 heavy (non-hydrogen) atoms. The van der Waals surface area contributed by atoms with Crippen LogP contribution in [0.5, 0.6) is 0 Å². The van der Waals surface area contributed by atoms with Gasteiger partial charge in [-0.1, -0.05) is 29.3 Å². The number of piperidine rings is 1. The summed E-state index contributed by atoms with van der Waals surface area (Å²) in [5.41, 5.74) is 1.73. The van der Waals surface area contributed by atoms with E-state index in [0.29, 0.717) is 21.5 Å². The van der Waals surface area contributed by atoms with Crippen molar-refractivity contribution in [1.82, 2.24) is 4.90 Å². The van der Waals surface area contributed by atoms with Gasteiger partial charge in [0.25, 0.3) is 0 Å². The largest absolute Gasteiger partial charge is 0.302 e. The van der Waals surface area contributed by atoms with Crippen LogP contribution in [-0.4, -0.2) is 24.5 Å². The molecule has 3 atom stereocenters. The van der Waals surface area contributed by atoms with Gasteiger partial charge < -0.3 is 4.90 Å². The number of likely N-dealkylation sites (N-methyl/N-ethyl adjacent to an activating group) is 1. The van der Waals surface area contributed by atoms with Crippen LogP contribution in [-0.2, 0) is 5.41 Å². The molecule has 2 aliphatic rings. The molecular weight excluding hydrogens is 241 g/mol. The summed E-state index contributed by atoms with van der Waals surface area (Å²) in [5, 5.41) is 1.33. The quantitative estimate of drug-likeness (QED) is 0.742. The Morgan fingerprint density at radius 1 is 1.31 bits per heavy atom. The van der Waals surface area contributed by atoms with Gasteiger partial charge in [-0.15, -0.1) is 0 Å². The monoisotopic (exact) mass is 255 g/mol. The van der Waals surface area contributed by atoms with E-state index in [9.17, 15) is 0 Å². The maximum absolute atomic E-state index is 6.10. The molecule has 86 valence electrons. The predicted molar refractivity (Wildman–Crippen MR) is 68.3 cm³/mol. The number of hydrogen-bond acceptors (Lipinski definition) is 1. The SMILES string of the molecule is CC1C2C[C@@]2(c2ccc(Cl)c(Cl)c2)CN1C. The third-order valence-electron chi connectivity index (χ3n) is 4.44. The highest BCUT2D eigenvalue weighted by Crippen LogP contribution is 2.61. The minimum Gasteiger partial charge on any atom is -0.302 e. The Morgan fingerprint density at radius 2 is 2.06 bits per heavy atom. The van der Waals surface area contributed by atoms with Gasteiger partial charge in [-0.05, 0) is 44.0 Å². The lowest BCUT2D eigenvalue weighted by atomic mass is 9.94. The molecule has 0 radical (unpaired) electrons. The number of benzene rings is 1. The summed E-state index contributed by atoms with van der Waals surface area (Å²) in [5.74, 6) is 0.801. The third kappa shape index (κ3) is 1.35. The van der Waals surface area contributed by atoms with Crippen LogP contribution in [0.4, 0.5) is 0 Å². The van der Waals surface area contributed by atoms with Crippen LogP contribution < -0.4 is 0 Å². The zero-order valence-corrected chi connectivity index (χ0v) is 11.0. The molecule has 3 rings (SSSR count). The minimum atomic E-state index is 0.363. The van der Waals surface area contributed by atoms with E-state index in [2.05, 4.69) is 31.0 Å². The topological polar surface area (TPSA) is 3.24 Å². The summed E-state index contributed by atoms with van der Waals surface area (Å²) in [6.45, 7) is 3.47. The van der Waals surface area contributed by atoms with E-state index < -0.39 is 0 Å².